The Morgan fingerprint density at radius 2 is 1.67 bits per heavy atom. The predicted molar refractivity (Wildman–Crippen MR) is 99.5 cm³/mol. The molecule has 2 aromatic carbocycles. The Morgan fingerprint density at radius 1 is 0.958 bits per heavy atom. The molecule has 0 bridgehead atoms. The number of rotatable bonds is 6. The number of benzene rings is 2. The van der Waals surface area contributed by atoms with Gasteiger partial charge in [-0.05, 0) is 29.8 Å². The van der Waals surface area contributed by atoms with E-state index < -0.39 is 6.10 Å². The lowest BCUT2D eigenvalue weighted by molar-refractivity contribution is 0.173. The first-order valence-electron chi connectivity index (χ1n) is 7.51. The lowest BCUT2D eigenvalue weighted by Gasteiger charge is -2.11. The molecular weight excluding hydrogens is 345 g/mol. The molecule has 3 nitrogen and oxygen atoms in total. The van der Waals surface area contributed by atoms with Crippen LogP contribution in [0.3, 0.4) is 0 Å². The van der Waals surface area contributed by atoms with Gasteiger partial charge in [-0.25, -0.2) is 0 Å². The molecule has 1 heterocycles. The molecule has 0 saturated heterocycles. The third kappa shape index (κ3) is 4.62. The molecule has 5 heteroatoms. The quantitative estimate of drug-likeness (QED) is 0.658. The number of hydrogen-bond acceptors (Lipinski definition) is 3. The minimum Gasteiger partial charge on any atom is -0.460 e. The van der Waals surface area contributed by atoms with Crippen molar-refractivity contribution >= 4 is 24.0 Å². The van der Waals surface area contributed by atoms with E-state index in [1.807, 2.05) is 66.7 Å². The molecule has 3 aromatic rings. The maximum absolute atomic E-state index is 10.1. The van der Waals surface area contributed by atoms with Crippen LogP contribution in [-0.4, -0.2) is 11.7 Å². The Morgan fingerprint density at radius 3 is 2.42 bits per heavy atom. The fourth-order valence-corrected chi connectivity index (χ4v) is 2.63. The monoisotopic (exact) mass is 363 g/mol. The maximum Gasteiger partial charge on any atom is 0.135 e. The van der Waals surface area contributed by atoms with Crippen LogP contribution < -0.4 is 5.32 Å². The molecule has 1 atom stereocenters. The fourth-order valence-electron chi connectivity index (χ4n) is 2.40. The van der Waals surface area contributed by atoms with Crippen molar-refractivity contribution in [1.82, 2.24) is 5.32 Å². The normalized spacial score (nSPS) is 11.8. The lowest BCUT2D eigenvalue weighted by atomic mass is 10.1. The van der Waals surface area contributed by atoms with E-state index in [9.17, 15) is 5.11 Å². The molecule has 0 fully saturated rings. The second kappa shape index (κ2) is 8.90. The standard InChI is InChI=1S/C19H18ClNO2.ClH/c20-17-9-5-4-8-16(17)19-11-10-15(23-19)12-21-13-18(22)14-6-2-1-3-7-14;/h1-11,18,21-22H,12-13H2;1H. The minimum atomic E-state index is -0.533. The van der Waals surface area contributed by atoms with Gasteiger partial charge in [0, 0.05) is 12.1 Å². The van der Waals surface area contributed by atoms with Gasteiger partial charge in [0.15, 0.2) is 0 Å². The van der Waals surface area contributed by atoms with Gasteiger partial charge in [-0.2, -0.15) is 0 Å². The van der Waals surface area contributed by atoms with Crippen LogP contribution >= 0.6 is 24.0 Å². The summed E-state index contributed by atoms with van der Waals surface area (Å²) in [7, 11) is 0. The summed E-state index contributed by atoms with van der Waals surface area (Å²) in [6, 6.07) is 21.0. The van der Waals surface area contributed by atoms with Gasteiger partial charge in [0.25, 0.3) is 0 Å². The average Bonchev–Trinajstić information content (AvgIpc) is 3.04. The zero-order chi connectivity index (χ0) is 16.1. The summed E-state index contributed by atoms with van der Waals surface area (Å²) in [6.45, 7) is 1.01. The summed E-state index contributed by atoms with van der Waals surface area (Å²) < 4.78 is 5.81. The Kier molecular flexibility index (Phi) is 6.88. The highest BCUT2D eigenvalue weighted by Gasteiger charge is 2.09. The van der Waals surface area contributed by atoms with Gasteiger partial charge in [0.2, 0.25) is 0 Å². The first-order chi connectivity index (χ1) is 11.2. The van der Waals surface area contributed by atoms with Crippen molar-refractivity contribution in [3.63, 3.8) is 0 Å². The lowest BCUT2D eigenvalue weighted by Crippen LogP contribution is -2.20. The van der Waals surface area contributed by atoms with Crippen molar-refractivity contribution in [3.8, 4) is 11.3 Å². The Labute approximate surface area is 152 Å². The second-order valence-corrected chi connectivity index (χ2v) is 5.71. The van der Waals surface area contributed by atoms with Gasteiger partial charge >= 0.3 is 0 Å². The van der Waals surface area contributed by atoms with E-state index >= 15 is 0 Å². The Hall–Kier alpha value is -1.78. The summed E-state index contributed by atoms with van der Waals surface area (Å²) >= 11 is 6.17. The number of hydrogen-bond donors (Lipinski definition) is 2. The van der Waals surface area contributed by atoms with Gasteiger partial charge in [-0.15, -0.1) is 12.4 Å². The van der Waals surface area contributed by atoms with Crippen molar-refractivity contribution in [2.45, 2.75) is 12.6 Å². The van der Waals surface area contributed by atoms with Crippen LogP contribution in [0.4, 0.5) is 0 Å². The van der Waals surface area contributed by atoms with Crippen molar-refractivity contribution in [2.24, 2.45) is 0 Å². The van der Waals surface area contributed by atoms with Crippen molar-refractivity contribution in [2.75, 3.05) is 6.54 Å². The van der Waals surface area contributed by atoms with E-state index in [1.54, 1.807) is 0 Å². The number of furan rings is 1. The van der Waals surface area contributed by atoms with Crippen molar-refractivity contribution < 1.29 is 9.52 Å². The molecule has 0 saturated carbocycles. The van der Waals surface area contributed by atoms with Crippen LogP contribution in [0.1, 0.15) is 17.4 Å². The van der Waals surface area contributed by atoms with Crippen molar-refractivity contribution in [3.05, 3.63) is 83.1 Å². The van der Waals surface area contributed by atoms with Crippen LogP contribution in [-0.2, 0) is 6.54 Å². The first-order valence-corrected chi connectivity index (χ1v) is 7.89. The van der Waals surface area contributed by atoms with E-state index in [0.29, 0.717) is 18.1 Å². The third-order valence-corrected chi connectivity index (χ3v) is 3.95. The van der Waals surface area contributed by atoms with Gasteiger partial charge < -0.3 is 14.8 Å². The summed E-state index contributed by atoms with van der Waals surface area (Å²) in [6.07, 6.45) is -0.533. The predicted octanol–water partition coefficient (Wildman–Crippen LogP) is 4.85. The van der Waals surface area contributed by atoms with E-state index in [0.717, 1.165) is 22.6 Å². The third-order valence-electron chi connectivity index (χ3n) is 3.62. The average molecular weight is 364 g/mol. The number of aliphatic hydroxyl groups is 1. The van der Waals surface area contributed by atoms with Gasteiger partial charge in [-0.3, -0.25) is 0 Å². The van der Waals surface area contributed by atoms with Crippen LogP contribution in [0.5, 0.6) is 0 Å². The molecule has 0 radical (unpaired) electrons. The topological polar surface area (TPSA) is 45.4 Å². The van der Waals surface area contributed by atoms with Gasteiger partial charge in [-0.1, -0.05) is 54.1 Å². The maximum atomic E-state index is 10.1. The van der Waals surface area contributed by atoms with E-state index in [4.69, 9.17) is 16.0 Å². The minimum absolute atomic E-state index is 0. The largest absolute Gasteiger partial charge is 0.460 e. The highest BCUT2D eigenvalue weighted by atomic mass is 35.5. The molecule has 2 N–H and O–H groups in total. The van der Waals surface area contributed by atoms with Crippen LogP contribution in [0, 0.1) is 0 Å². The number of halogens is 2. The molecule has 0 aliphatic carbocycles. The van der Waals surface area contributed by atoms with Crippen molar-refractivity contribution in [1.29, 1.82) is 0 Å². The zero-order valence-electron chi connectivity index (χ0n) is 13.0. The number of aliphatic hydroxyl groups excluding tert-OH is 1. The number of nitrogens with one attached hydrogen (secondary N) is 1. The molecule has 1 unspecified atom stereocenters. The molecule has 24 heavy (non-hydrogen) atoms. The van der Waals surface area contributed by atoms with Crippen LogP contribution in [0.2, 0.25) is 5.02 Å². The molecule has 0 aliphatic heterocycles. The zero-order valence-corrected chi connectivity index (χ0v) is 14.6. The second-order valence-electron chi connectivity index (χ2n) is 5.30. The summed E-state index contributed by atoms with van der Waals surface area (Å²) in [5, 5.41) is 14.0. The van der Waals surface area contributed by atoms with E-state index in [-0.39, 0.29) is 12.4 Å². The molecular formula is C19H19Cl2NO2. The summed E-state index contributed by atoms with van der Waals surface area (Å²) in [4.78, 5) is 0. The smallest absolute Gasteiger partial charge is 0.135 e. The summed E-state index contributed by atoms with van der Waals surface area (Å²) in [5.74, 6) is 1.55. The molecule has 1 aromatic heterocycles. The first kappa shape index (κ1) is 18.6. The fraction of sp³-hybridized carbons (Fsp3) is 0.158. The van der Waals surface area contributed by atoms with Gasteiger partial charge in [0.1, 0.15) is 11.5 Å². The molecule has 3 rings (SSSR count). The highest BCUT2D eigenvalue weighted by molar-refractivity contribution is 6.33. The van der Waals surface area contributed by atoms with Gasteiger partial charge in [0.05, 0.1) is 17.7 Å². The SMILES string of the molecule is Cl.OC(CNCc1ccc(-c2ccccc2Cl)o1)c1ccccc1. The van der Waals surface area contributed by atoms with Crippen LogP contribution in [0.25, 0.3) is 11.3 Å². The van der Waals surface area contributed by atoms with E-state index in [2.05, 4.69) is 5.32 Å². The highest BCUT2D eigenvalue weighted by Crippen LogP contribution is 2.29. The molecule has 126 valence electrons. The molecule has 0 spiro atoms. The Balaban J connectivity index is 0.00000208. The Bertz CT molecular complexity index is 759. The summed E-state index contributed by atoms with van der Waals surface area (Å²) in [5.41, 5.74) is 1.78. The van der Waals surface area contributed by atoms with Crippen LogP contribution in [0.15, 0.2) is 71.1 Å². The van der Waals surface area contributed by atoms with E-state index in [1.165, 1.54) is 0 Å². The molecule has 0 aliphatic rings. The molecule has 0 amide bonds.